The Morgan fingerprint density at radius 1 is 0.750 bits per heavy atom. The topological polar surface area (TPSA) is 64.7 Å². The van der Waals surface area contributed by atoms with Crippen LogP contribution in [0.15, 0.2) is 86.0 Å². The maximum absolute atomic E-state index is 12.4. The SMILES string of the molecule is O=C(NCc1ccc(Cn2ccnc2)cc1)c1ccc(Cn2ccnc2)cc1. The van der Waals surface area contributed by atoms with E-state index in [-0.39, 0.29) is 5.91 Å². The van der Waals surface area contributed by atoms with Crippen molar-refractivity contribution in [2.75, 3.05) is 0 Å². The molecule has 0 fully saturated rings. The van der Waals surface area contributed by atoms with Crippen molar-refractivity contribution in [3.8, 4) is 0 Å². The molecule has 2 aromatic carbocycles. The van der Waals surface area contributed by atoms with Crippen molar-refractivity contribution >= 4 is 5.91 Å². The van der Waals surface area contributed by atoms with Crippen LogP contribution < -0.4 is 5.32 Å². The second-order valence-corrected chi connectivity index (χ2v) is 6.67. The number of nitrogens with one attached hydrogen (secondary N) is 1. The van der Waals surface area contributed by atoms with E-state index in [1.165, 1.54) is 5.56 Å². The molecule has 0 saturated heterocycles. The maximum Gasteiger partial charge on any atom is 0.251 e. The summed E-state index contributed by atoms with van der Waals surface area (Å²) >= 11 is 0. The number of rotatable bonds is 7. The summed E-state index contributed by atoms with van der Waals surface area (Å²) in [4.78, 5) is 20.5. The van der Waals surface area contributed by atoms with Gasteiger partial charge in [-0.25, -0.2) is 9.97 Å². The fourth-order valence-corrected chi connectivity index (χ4v) is 2.99. The van der Waals surface area contributed by atoms with Gasteiger partial charge in [-0.15, -0.1) is 0 Å². The Morgan fingerprint density at radius 2 is 1.25 bits per heavy atom. The van der Waals surface area contributed by atoms with Gasteiger partial charge in [-0.2, -0.15) is 0 Å². The number of nitrogens with zero attached hydrogens (tertiary/aromatic N) is 4. The molecule has 0 spiro atoms. The third-order valence-electron chi connectivity index (χ3n) is 4.54. The second kappa shape index (κ2) is 8.35. The van der Waals surface area contributed by atoms with E-state index in [1.54, 1.807) is 25.0 Å². The molecule has 0 radical (unpaired) electrons. The molecule has 2 heterocycles. The molecule has 0 aliphatic rings. The van der Waals surface area contributed by atoms with Crippen molar-refractivity contribution in [3.05, 3.63) is 108 Å². The van der Waals surface area contributed by atoms with Crippen LogP contribution in [0.5, 0.6) is 0 Å². The number of amides is 1. The number of hydrogen-bond acceptors (Lipinski definition) is 3. The summed E-state index contributed by atoms with van der Waals surface area (Å²) in [5.41, 5.74) is 4.05. The lowest BCUT2D eigenvalue weighted by Gasteiger charge is -2.08. The summed E-state index contributed by atoms with van der Waals surface area (Å²) in [6, 6.07) is 15.9. The predicted octanol–water partition coefficient (Wildman–Crippen LogP) is 3.11. The zero-order valence-electron chi connectivity index (χ0n) is 15.4. The molecule has 2 aromatic heterocycles. The number of carbonyl (C=O) groups is 1. The van der Waals surface area contributed by atoms with Crippen LogP contribution in [-0.2, 0) is 19.6 Å². The highest BCUT2D eigenvalue weighted by molar-refractivity contribution is 5.94. The van der Waals surface area contributed by atoms with Crippen LogP contribution in [0, 0.1) is 0 Å². The normalized spacial score (nSPS) is 10.7. The molecule has 0 atom stereocenters. The molecule has 1 N–H and O–H groups in total. The number of aromatic nitrogens is 4. The van der Waals surface area contributed by atoms with E-state index in [0.717, 1.165) is 24.2 Å². The van der Waals surface area contributed by atoms with Gasteiger partial charge in [-0.05, 0) is 28.8 Å². The Labute approximate surface area is 163 Å². The van der Waals surface area contributed by atoms with Crippen LogP contribution in [0.4, 0.5) is 0 Å². The highest BCUT2D eigenvalue weighted by Gasteiger charge is 2.06. The van der Waals surface area contributed by atoms with Crippen molar-refractivity contribution in [1.82, 2.24) is 24.4 Å². The van der Waals surface area contributed by atoms with Gasteiger partial charge in [-0.1, -0.05) is 36.4 Å². The minimum absolute atomic E-state index is 0.0725. The van der Waals surface area contributed by atoms with E-state index in [2.05, 4.69) is 27.4 Å². The lowest BCUT2D eigenvalue weighted by atomic mass is 10.1. The summed E-state index contributed by atoms with van der Waals surface area (Å²) in [5.74, 6) is -0.0725. The Kier molecular flexibility index (Phi) is 5.29. The highest BCUT2D eigenvalue weighted by atomic mass is 16.1. The molecule has 6 heteroatoms. The van der Waals surface area contributed by atoms with Crippen LogP contribution in [0.1, 0.15) is 27.0 Å². The fourth-order valence-electron chi connectivity index (χ4n) is 2.99. The van der Waals surface area contributed by atoms with Gasteiger partial charge in [0.15, 0.2) is 0 Å². The number of carbonyl (C=O) groups excluding carboxylic acids is 1. The molecule has 140 valence electrons. The third-order valence-corrected chi connectivity index (χ3v) is 4.54. The van der Waals surface area contributed by atoms with Crippen molar-refractivity contribution in [3.63, 3.8) is 0 Å². The van der Waals surface area contributed by atoms with E-state index in [0.29, 0.717) is 12.1 Å². The van der Waals surface area contributed by atoms with Gasteiger partial charge in [0.05, 0.1) is 12.7 Å². The molecular formula is C22H21N5O. The Balaban J connectivity index is 1.30. The second-order valence-electron chi connectivity index (χ2n) is 6.67. The molecule has 0 bridgehead atoms. The summed E-state index contributed by atoms with van der Waals surface area (Å²) in [6.45, 7) is 2.03. The van der Waals surface area contributed by atoms with E-state index >= 15 is 0 Å². The smallest absolute Gasteiger partial charge is 0.251 e. The highest BCUT2D eigenvalue weighted by Crippen LogP contribution is 2.09. The fraction of sp³-hybridized carbons (Fsp3) is 0.136. The first-order valence-electron chi connectivity index (χ1n) is 9.13. The Bertz CT molecular complexity index is 1000. The van der Waals surface area contributed by atoms with Gasteiger partial charge >= 0.3 is 0 Å². The minimum atomic E-state index is -0.0725. The molecule has 4 aromatic rings. The zero-order chi connectivity index (χ0) is 19.2. The summed E-state index contributed by atoms with van der Waals surface area (Å²) < 4.78 is 4.01. The van der Waals surface area contributed by atoms with E-state index < -0.39 is 0 Å². The lowest BCUT2D eigenvalue weighted by Crippen LogP contribution is -2.22. The number of hydrogen-bond donors (Lipinski definition) is 1. The molecule has 0 saturated carbocycles. The molecule has 28 heavy (non-hydrogen) atoms. The molecule has 4 rings (SSSR count). The predicted molar refractivity (Wildman–Crippen MR) is 107 cm³/mol. The van der Waals surface area contributed by atoms with Crippen LogP contribution >= 0.6 is 0 Å². The van der Waals surface area contributed by atoms with E-state index in [9.17, 15) is 4.79 Å². The first-order valence-corrected chi connectivity index (χ1v) is 9.13. The lowest BCUT2D eigenvalue weighted by molar-refractivity contribution is 0.0951. The van der Waals surface area contributed by atoms with Crippen LogP contribution in [0.3, 0.4) is 0 Å². The quantitative estimate of drug-likeness (QED) is 0.543. The first-order chi connectivity index (χ1) is 13.8. The van der Waals surface area contributed by atoms with Crippen molar-refractivity contribution in [2.45, 2.75) is 19.6 Å². The average molecular weight is 371 g/mol. The van der Waals surface area contributed by atoms with Crippen molar-refractivity contribution < 1.29 is 4.79 Å². The molecule has 1 amide bonds. The number of benzene rings is 2. The standard InChI is InChI=1S/C22H21N5O/c28-22(21-7-5-20(6-8-21)15-27-12-10-24-17-27)25-13-18-1-3-19(4-2-18)14-26-11-9-23-16-26/h1-12,16-17H,13-15H2,(H,25,28). The minimum Gasteiger partial charge on any atom is -0.348 e. The molecular weight excluding hydrogens is 350 g/mol. The first kappa shape index (κ1) is 17.7. The van der Waals surface area contributed by atoms with Crippen molar-refractivity contribution in [1.29, 1.82) is 0 Å². The van der Waals surface area contributed by atoms with Gasteiger partial charge in [0, 0.05) is 50.0 Å². The molecule has 0 aliphatic carbocycles. The van der Waals surface area contributed by atoms with Crippen LogP contribution in [0.2, 0.25) is 0 Å². The van der Waals surface area contributed by atoms with Gasteiger partial charge in [-0.3, -0.25) is 4.79 Å². The Morgan fingerprint density at radius 3 is 1.75 bits per heavy atom. The third kappa shape index (κ3) is 4.54. The van der Waals surface area contributed by atoms with Crippen LogP contribution in [0.25, 0.3) is 0 Å². The monoisotopic (exact) mass is 371 g/mol. The summed E-state index contributed by atoms with van der Waals surface area (Å²) in [6.07, 6.45) is 11.0. The van der Waals surface area contributed by atoms with Crippen molar-refractivity contribution in [2.24, 2.45) is 0 Å². The van der Waals surface area contributed by atoms with E-state index in [4.69, 9.17) is 0 Å². The van der Waals surface area contributed by atoms with Gasteiger partial charge in [0.1, 0.15) is 0 Å². The molecule has 0 unspecified atom stereocenters. The Hall–Kier alpha value is -3.67. The van der Waals surface area contributed by atoms with E-state index in [1.807, 2.05) is 57.9 Å². The molecule has 0 aliphatic heterocycles. The van der Waals surface area contributed by atoms with Gasteiger partial charge in [0.2, 0.25) is 0 Å². The summed E-state index contributed by atoms with van der Waals surface area (Å²) in [7, 11) is 0. The van der Waals surface area contributed by atoms with Crippen LogP contribution in [-0.4, -0.2) is 25.0 Å². The zero-order valence-corrected chi connectivity index (χ0v) is 15.4. The summed E-state index contributed by atoms with van der Waals surface area (Å²) in [5, 5.41) is 2.98. The largest absolute Gasteiger partial charge is 0.348 e. The van der Waals surface area contributed by atoms with Gasteiger partial charge < -0.3 is 14.5 Å². The number of imidazole rings is 2. The molecule has 6 nitrogen and oxygen atoms in total. The average Bonchev–Trinajstić information content (AvgIpc) is 3.42. The maximum atomic E-state index is 12.4. The van der Waals surface area contributed by atoms with Gasteiger partial charge in [0.25, 0.3) is 5.91 Å².